The van der Waals surface area contributed by atoms with E-state index >= 15 is 0 Å². The van der Waals surface area contributed by atoms with Gasteiger partial charge < -0.3 is 9.64 Å². The van der Waals surface area contributed by atoms with Gasteiger partial charge in [-0.15, -0.1) is 0 Å². The third kappa shape index (κ3) is 3.65. The van der Waals surface area contributed by atoms with Gasteiger partial charge in [0.05, 0.1) is 6.61 Å². The molecular formula is C19H26ClNO2. The van der Waals surface area contributed by atoms with Crippen LogP contribution in [0.25, 0.3) is 0 Å². The quantitative estimate of drug-likeness (QED) is 0.795. The van der Waals surface area contributed by atoms with E-state index in [9.17, 15) is 4.79 Å². The first-order valence-corrected chi connectivity index (χ1v) is 9.29. The van der Waals surface area contributed by atoms with Crippen LogP contribution in [0.3, 0.4) is 0 Å². The van der Waals surface area contributed by atoms with E-state index in [1.807, 2.05) is 25.1 Å². The number of nitrogens with zero attached hydrogens (tertiary/aromatic N) is 1. The molecule has 1 aliphatic carbocycles. The first kappa shape index (κ1) is 16.6. The first-order valence-electron chi connectivity index (χ1n) is 8.91. The number of likely N-dealkylation sites (tertiary alicyclic amines) is 1. The Balaban J connectivity index is 1.70. The van der Waals surface area contributed by atoms with Gasteiger partial charge in [-0.05, 0) is 44.7 Å². The van der Waals surface area contributed by atoms with Gasteiger partial charge in [0.25, 0.3) is 0 Å². The van der Waals surface area contributed by atoms with Crippen LogP contribution in [-0.2, 0) is 11.2 Å². The van der Waals surface area contributed by atoms with Crippen LogP contribution >= 0.6 is 11.6 Å². The number of rotatable bonds is 5. The second-order valence-corrected chi connectivity index (χ2v) is 7.07. The van der Waals surface area contributed by atoms with E-state index < -0.39 is 0 Å². The average molecular weight is 336 g/mol. The lowest BCUT2D eigenvalue weighted by atomic mass is 9.94. The Hall–Kier alpha value is -1.22. The largest absolute Gasteiger partial charge is 0.494 e. The molecule has 1 aromatic rings. The molecule has 1 aromatic carbocycles. The summed E-state index contributed by atoms with van der Waals surface area (Å²) in [6, 6.07) is 6.21. The predicted octanol–water partition coefficient (Wildman–Crippen LogP) is 4.46. The van der Waals surface area contributed by atoms with Gasteiger partial charge in [-0.3, -0.25) is 4.79 Å². The molecular weight excluding hydrogens is 310 g/mol. The highest BCUT2D eigenvalue weighted by molar-refractivity contribution is 6.31. The van der Waals surface area contributed by atoms with Gasteiger partial charge in [0.15, 0.2) is 0 Å². The summed E-state index contributed by atoms with van der Waals surface area (Å²) >= 11 is 6.37. The molecule has 0 spiro atoms. The van der Waals surface area contributed by atoms with Gasteiger partial charge >= 0.3 is 0 Å². The van der Waals surface area contributed by atoms with E-state index in [0.29, 0.717) is 30.0 Å². The lowest BCUT2D eigenvalue weighted by molar-refractivity contribution is -0.133. The zero-order valence-corrected chi connectivity index (χ0v) is 14.6. The second kappa shape index (κ2) is 7.57. The highest BCUT2D eigenvalue weighted by atomic mass is 35.5. The van der Waals surface area contributed by atoms with E-state index in [0.717, 1.165) is 24.3 Å². The number of hydrogen-bond donors (Lipinski definition) is 0. The first-order chi connectivity index (χ1) is 11.2. The minimum Gasteiger partial charge on any atom is -0.494 e. The summed E-state index contributed by atoms with van der Waals surface area (Å²) in [6.07, 6.45) is 7.82. The maximum absolute atomic E-state index is 12.8. The van der Waals surface area contributed by atoms with Crippen molar-refractivity contribution in [1.29, 1.82) is 0 Å². The van der Waals surface area contributed by atoms with E-state index in [-0.39, 0.29) is 5.92 Å². The molecule has 1 amide bonds. The lowest BCUT2D eigenvalue weighted by Crippen LogP contribution is -2.39. The summed E-state index contributed by atoms with van der Waals surface area (Å²) in [5, 5.41) is 0.708. The molecule has 1 unspecified atom stereocenters. The van der Waals surface area contributed by atoms with Crippen molar-refractivity contribution in [1.82, 2.24) is 4.90 Å². The van der Waals surface area contributed by atoms with Gasteiger partial charge in [-0.2, -0.15) is 0 Å². The molecule has 1 saturated heterocycles. The molecule has 1 aliphatic heterocycles. The average Bonchev–Trinajstić information content (AvgIpc) is 2.93. The van der Waals surface area contributed by atoms with Crippen molar-refractivity contribution in [2.24, 2.45) is 5.92 Å². The summed E-state index contributed by atoms with van der Waals surface area (Å²) in [6.45, 7) is 3.49. The zero-order chi connectivity index (χ0) is 16.2. The molecule has 0 bridgehead atoms. The summed E-state index contributed by atoms with van der Waals surface area (Å²) in [4.78, 5) is 15.0. The van der Waals surface area contributed by atoms with Gasteiger partial charge in [0.1, 0.15) is 5.75 Å². The zero-order valence-electron chi connectivity index (χ0n) is 13.9. The highest BCUT2D eigenvalue weighted by Crippen LogP contribution is 2.34. The van der Waals surface area contributed by atoms with Crippen LogP contribution in [-0.4, -0.2) is 30.0 Å². The molecule has 1 atom stereocenters. The fraction of sp³-hybridized carbons (Fsp3) is 0.632. The van der Waals surface area contributed by atoms with Crippen LogP contribution in [0, 0.1) is 5.92 Å². The van der Waals surface area contributed by atoms with Crippen molar-refractivity contribution in [3.63, 3.8) is 0 Å². The minimum absolute atomic E-state index is 0.0519. The molecule has 0 N–H and O–H groups in total. The van der Waals surface area contributed by atoms with Crippen molar-refractivity contribution in [3.05, 3.63) is 28.8 Å². The Morgan fingerprint density at radius 3 is 2.74 bits per heavy atom. The minimum atomic E-state index is 0.0519. The number of hydrogen-bond acceptors (Lipinski definition) is 2. The maximum atomic E-state index is 12.8. The Bertz CT molecular complexity index is 554. The van der Waals surface area contributed by atoms with E-state index in [4.69, 9.17) is 16.3 Å². The van der Waals surface area contributed by atoms with Gasteiger partial charge in [0, 0.05) is 29.1 Å². The second-order valence-electron chi connectivity index (χ2n) is 6.66. The Morgan fingerprint density at radius 2 is 2.00 bits per heavy atom. The van der Waals surface area contributed by atoms with Crippen molar-refractivity contribution < 1.29 is 9.53 Å². The van der Waals surface area contributed by atoms with Crippen LogP contribution in [0.5, 0.6) is 5.75 Å². The molecule has 4 heteroatoms. The van der Waals surface area contributed by atoms with Gasteiger partial charge in [-0.1, -0.05) is 36.9 Å². The molecule has 2 fully saturated rings. The number of halogens is 1. The van der Waals surface area contributed by atoms with E-state index in [1.54, 1.807) is 0 Å². The molecule has 2 aliphatic rings. The number of ether oxygens (including phenoxy) is 1. The van der Waals surface area contributed by atoms with Crippen LogP contribution < -0.4 is 4.74 Å². The summed E-state index contributed by atoms with van der Waals surface area (Å²) in [7, 11) is 0. The van der Waals surface area contributed by atoms with Crippen LogP contribution in [0.4, 0.5) is 0 Å². The van der Waals surface area contributed by atoms with Crippen LogP contribution in [0.1, 0.15) is 51.0 Å². The standard InChI is InChI=1S/C19H26ClNO2/c1-2-23-18-10-6-9-17(20)16(18)13-14-11-12-21(19(14)22)15-7-4-3-5-8-15/h6,9-10,14-15H,2-5,7-8,11-13H2,1H3. The molecule has 3 rings (SSSR count). The molecule has 126 valence electrons. The normalized spacial score (nSPS) is 22.6. The third-order valence-corrected chi connectivity index (χ3v) is 5.55. The molecule has 1 heterocycles. The summed E-state index contributed by atoms with van der Waals surface area (Å²) in [5.41, 5.74) is 0.986. The van der Waals surface area contributed by atoms with Crippen molar-refractivity contribution in [2.45, 2.75) is 57.9 Å². The van der Waals surface area contributed by atoms with Crippen molar-refractivity contribution in [2.75, 3.05) is 13.2 Å². The Labute approximate surface area is 144 Å². The number of benzene rings is 1. The lowest BCUT2D eigenvalue weighted by Gasteiger charge is -2.31. The Morgan fingerprint density at radius 1 is 1.22 bits per heavy atom. The van der Waals surface area contributed by atoms with Crippen LogP contribution in [0.15, 0.2) is 18.2 Å². The molecule has 0 radical (unpaired) electrons. The molecule has 3 nitrogen and oxygen atoms in total. The summed E-state index contributed by atoms with van der Waals surface area (Å²) in [5.74, 6) is 1.19. The van der Waals surface area contributed by atoms with Gasteiger partial charge in [-0.25, -0.2) is 0 Å². The molecule has 1 saturated carbocycles. The van der Waals surface area contributed by atoms with Crippen LogP contribution in [0.2, 0.25) is 5.02 Å². The Kier molecular flexibility index (Phi) is 5.47. The molecule has 0 aromatic heterocycles. The summed E-state index contributed by atoms with van der Waals surface area (Å²) < 4.78 is 5.70. The highest BCUT2D eigenvalue weighted by Gasteiger charge is 2.36. The SMILES string of the molecule is CCOc1cccc(Cl)c1CC1CCN(C2CCCCC2)C1=O. The maximum Gasteiger partial charge on any atom is 0.226 e. The number of carbonyl (C=O) groups excluding carboxylic acids is 1. The van der Waals surface area contributed by atoms with E-state index in [1.165, 1.54) is 32.1 Å². The van der Waals surface area contributed by atoms with Gasteiger partial charge in [0.2, 0.25) is 5.91 Å². The van der Waals surface area contributed by atoms with E-state index in [2.05, 4.69) is 4.90 Å². The number of carbonyl (C=O) groups is 1. The third-order valence-electron chi connectivity index (χ3n) is 5.19. The topological polar surface area (TPSA) is 29.5 Å². The fourth-order valence-corrected chi connectivity index (χ4v) is 4.22. The number of amides is 1. The van der Waals surface area contributed by atoms with Crippen molar-refractivity contribution in [3.8, 4) is 5.75 Å². The van der Waals surface area contributed by atoms with Crippen molar-refractivity contribution >= 4 is 17.5 Å². The fourth-order valence-electron chi connectivity index (χ4n) is 3.98. The predicted molar refractivity (Wildman–Crippen MR) is 93.0 cm³/mol. The smallest absolute Gasteiger partial charge is 0.226 e. The molecule has 23 heavy (non-hydrogen) atoms. The monoisotopic (exact) mass is 335 g/mol.